The Bertz CT molecular complexity index is 1020. The molecule has 0 spiro atoms. The number of nitrogens with one attached hydrogen (secondary N) is 1. The number of fused-ring (bicyclic) bond motifs is 1. The Morgan fingerprint density at radius 3 is 3.04 bits per heavy atom. The third-order valence-electron chi connectivity index (χ3n) is 5.17. The number of hydrogen-bond donors (Lipinski definition) is 1. The molecular weight excluding hydrogens is 381 g/mol. The van der Waals surface area contributed by atoms with E-state index < -0.39 is 0 Å². The van der Waals surface area contributed by atoms with Crippen molar-refractivity contribution < 1.29 is 13.9 Å². The van der Waals surface area contributed by atoms with Crippen LogP contribution in [-0.2, 0) is 6.54 Å². The highest BCUT2D eigenvalue weighted by atomic mass is 35.5. The topological polar surface area (TPSA) is 58.2 Å². The van der Waals surface area contributed by atoms with Crippen molar-refractivity contribution in [1.29, 1.82) is 0 Å². The standard InChI is InChI=1S/C21H21ClFN3O2/c1-28-19-7-4-14(22)9-16(19)21(27)13-3-2-8-26(11-13)12-20-24-17-6-5-15(23)10-18(17)25-20/h4-7,9-10,13H,2-3,8,11-12H2,1H3,(H,24,25)/t13-/m0/s1. The van der Waals surface area contributed by atoms with Gasteiger partial charge >= 0.3 is 0 Å². The first-order valence-electron chi connectivity index (χ1n) is 9.28. The molecule has 0 aliphatic carbocycles. The van der Waals surface area contributed by atoms with Gasteiger partial charge < -0.3 is 9.72 Å². The Balaban J connectivity index is 1.49. The molecule has 7 heteroatoms. The Kier molecular flexibility index (Phi) is 5.33. The highest BCUT2D eigenvalue weighted by molar-refractivity contribution is 6.31. The molecule has 1 aromatic heterocycles. The second kappa shape index (κ2) is 7.89. The fourth-order valence-electron chi connectivity index (χ4n) is 3.83. The van der Waals surface area contributed by atoms with Gasteiger partial charge in [0.15, 0.2) is 5.78 Å². The van der Waals surface area contributed by atoms with Crippen molar-refractivity contribution in [2.24, 2.45) is 5.92 Å². The molecular formula is C21H21ClFN3O2. The first-order chi connectivity index (χ1) is 13.5. The fourth-order valence-corrected chi connectivity index (χ4v) is 4.00. The monoisotopic (exact) mass is 401 g/mol. The van der Waals surface area contributed by atoms with Gasteiger partial charge in [-0.3, -0.25) is 9.69 Å². The van der Waals surface area contributed by atoms with E-state index in [2.05, 4.69) is 14.9 Å². The van der Waals surface area contributed by atoms with E-state index in [1.165, 1.54) is 12.1 Å². The summed E-state index contributed by atoms with van der Waals surface area (Å²) in [4.78, 5) is 23.0. The fraction of sp³-hybridized carbons (Fsp3) is 0.333. The van der Waals surface area contributed by atoms with Gasteiger partial charge in [-0.25, -0.2) is 9.37 Å². The lowest BCUT2D eigenvalue weighted by Crippen LogP contribution is -2.38. The highest BCUT2D eigenvalue weighted by Crippen LogP contribution is 2.29. The molecule has 2 heterocycles. The maximum Gasteiger partial charge on any atom is 0.170 e. The van der Waals surface area contributed by atoms with Crippen LogP contribution in [0.5, 0.6) is 5.75 Å². The summed E-state index contributed by atoms with van der Waals surface area (Å²) in [5, 5.41) is 0.520. The van der Waals surface area contributed by atoms with Crippen molar-refractivity contribution in [3.05, 3.63) is 58.6 Å². The summed E-state index contributed by atoms with van der Waals surface area (Å²) in [5.41, 5.74) is 1.95. The largest absolute Gasteiger partial charge is 0.496 e. The number of benzene rings is 2. The first kappa shape index (κ1) is 18.9. The molecule has 0 amide bonds. The molecule has 2 aromatic carbocycles. The molecule has 0 saturated carbocycles. The minimum atomic E-state index is -0.290. The summed E-state index contributed by atoms with van der Waals surface area (Å²) in [7, 11) is 1.55. The summed E-state index contributed by atoms with van der Waals surface area (Å²) in [6, 6.07) is 9.63. The molecule has 1 aliphatic heterocycles. The predicted molar refractivity (Wildman–Crippen MR) is 106 cm³/mol. The van der Waals surface area contributed by atoms with Crippen LogP contribution in [0.4, 0.5) is 4.39 Å². The van der Waals surface area contributed by atoms with Crippen LogP contribution in [0, 0.1) is 11.7 Å². The number of ketones is 1. The van der Waals surface area contributed by atoms with Crippen LogP contribution < -0.4 is 4.74 Å². The molecule has 0 unspecified atom stereocenters. The van der Waals surface area contributed by atoms with E-state index in [0.29, 0.717) is 34.9 Å². The molecule has 1 saturated heterocycles. The third kappa shape index (κ3) is 3.88. The van der Waals surface area contributed by atoms with E-state index >= 15 is 0 Å². The van der Waals surface area contributed by atoms with Gasteiger partial charge in [0, 0.05) is 17.5 Å². The second-order valence-electron chi connectivity index (χ2n) is 7.13. The number of carbonyl (C=O) groups excluding carboxylic acids is 1. The number of nitrogens with zero attached hydrogens (tertiary/aromatic N) is 2. The lowest BCUT2D eigenvalue weighted by atomic mass is 9.89. The Hall–Kier alpha value is -2.44. The molecule has 1 atom stereocenters. The lowest BCUT2D eigenvalue weighted by molar-refractivity contribution is 0.0806. The summed E-state index contributed by atoms with van der Waals surface area (Å²) >= 11 is 6.09. The smallest absolute Gasteiger partial charge is 0.170 e. The number of piperidine rings is 1. The van der Waals surface area contributed by atoms with Crippen LogP contribution in [0.3, 0.4) is 0 Å². The number of aromatic amines is 1. The minimum Gasteiger partial charge on any atom is -0.496 e. The Morgan fingerprint density at radius 1 is 1.36 bits per heavy atom. The van der Waals surface area contributed by atoms with Crippen molar-refractivity contribution in [2.45, 2.75) is 19.4 Å². The van der Waals surface area contributed by atoms with Gasteiger partial charge in [-0.05, 0) is 55.8 Å². The van der Waals surface area contributed by atoms with Gasteiger partial charge in [-0.2, -0.15) is 0 Å². The van der Waals surface area contributed by atoms with E-state index in [1.54, 1.807) is 31.4 Å². The molecule has 28 heavy (non-hydrogen) atoms. The zero-order valence-electron chi connectivity index (χ0n) is 15.5. The minimum absolute atomic E-state index is 0.0516. The SMILES string of the molecule is COc1ccc(Cl)cc1C(=O)[C@H]1CCCN(Cc2nc3ccc(F)cc3[nH]2)C1. The number of H-pyrrole nitrogens is 1. The zero-order valence-corrected chi connectivity index (χ0v) is 16.3. The number of hydrogen-bond acceptors (Lipinski definition) is 4. The molecule has 146 valence electrons. The van der Waals surface area contributed by atoms with E-state index in [1.807, 2.05) is 0 Å². The number of imidazole rings is 1. The van der Waals surface area contributed by atoms with Crippen molar-refractivity contribution >= 4 is 28.4 Å². The summed E-state index contributed by atoms with van der Waals surface area (Å²) in [6.45, 7) is 2.12. The van der Waals surface area contributed by atoms with Crippen molar-refractivity contribution in [2.75, 3.05) is 20.2 Å². The van der Waals surface area contributed by atoms with Gasteiger partial charge in [0.05, 0.1) is 30.3 Å². The van der Waals surface area contributed by atoms with E-state index in [-0.39, 0.29) is 17.5 Å². The van der Waals surface area contributed by atoms with Crippen LogP contribution in [0.2, 0.25) is 5.02 Å². The normalized spacial score (nSPS) is 17.8. The lowest BCUT2D eigenvalue weighted by Gasteiger charge is -2.31. The van der Waals surface area contributed by atoms with Gasteiger partial charge in [0.1, 0.15) is 17.4 Å². The molecule has 0 radical (unpaired) electrons. The first-order valence-corrected chi connectivity index (χ1v) is 9.65. The second-order valence-corrected chi connectivity index (χ2v) is 7.56. The number of likely N-dealkylation sites (tertiary alicyclic amines) is 1. The average molecular weight is 402 g/mol. The van der Waals surface area contributed by atoms with E-state index in [9.17, 15) is 9.18 Å². The highest BCUT2D eigenvalue weighted by Gasteiger charge is 2.29. The van der Waals surface area contributed by atoms with Crippen LogP contribution in [0.1, 0.15) is 29.0 Å². The molecule has 1 aliphatic rings. The summed E-state index contributed by atoms with van der Waals surface area (Å²) in [5.74, 6) is 0.959. The average Bonchev–Trinajstić information content (AvgIpc) is 3.08. The van der Waals surface area contributed by atoms with Crippen molar-refractivity contribution in [3.8, 4) is 5.75 Å². The van der Waals surface area contributed by atoms with Gasteiger partial charge in [0.2, 0.25) is 0 Å². The summed E-state index contributed by atoms with van der Waals surface area (Å²) in [6.07, 6.45) is 1.75. The van der Waals surface area contributed by atoms with E-state index in [0.717, 1.165) is 30.7 Å². The number of methoxy groups -OCH3 is 1. The molecule has 0 bridgehead atoms. The number of ether oxygens (including phenoxy) is 1. The number of halogens is 2. The van der Waals surface area contributed by atoms with Crippen LogP contribution >= 0.6 is 11.6 Å². The van der Waals surface area contributed by atoms with Crippen LogP contribution in [0.25, 0.3) is 11.0 Å². The van der Waals surface area contributed by atoms with E-state index in [4.69, 9.17) is 16.3 Å². The van der Waals surface area contributed by atoms with Crippen molar-refractivity contribution in [1.82, 2.24) is 14.9 Å². The third-order valence-corrected chi connectivity index (χ3v) is 5.40. The number of carbonyl (C=O) groups is 1. The van der Waals surface area contributed by atoms with Gasteiger partial charge in [0.25, 0.3) is 0 Å². The number of Topliss-reactive ketones (excluding diaryl/α,β-unsaturated/α-hetero) is 1. The summed E-state index contributed by atoms with van der Waals surface area (Å²) < 4.78 is 18.7. The number of rotatable bonds is 5. The quantitative estimate of drug-likeness (QED) is 0.641. The number of aromatic nitrogens is 2. The molecule has 4 rings (SSSR count). The molecule has 1 N–H and O–H groups in total. The van der Waals surface area contributed by atoms with Gasteiger partial charge in [-0.1, -0.05) is 11.6 Å². The van der Waals surface area contributed by atoms with Gasteiger partial charge in [-0.15, -0.1) is 0 Å². The maximum atomic E-state index is 13.4. The molecule has 5 nitrogen and oxygen atoms in total. The zero-order chi connectivity index (χ0) is 19.7. The maximum absolute atomic E-state index is 13.4. The van der Waals surface area contributed by atoms with Crippen LogP contribution in [-0.4, -0.2) is 40.9 Å². The predicted octanol–water partition coefficient (Wildman–Crippen LogP) is 4.46. The van der Waals surface area contributed by atoms with Crippen LogP contribution in [0.15, 0.2) is 36.4 Å². The van der Waals surface area contributed by atoms with Crippen molar-refractivity contribution in [3.63, 3.8) is 0 Å². The Morgan fingerprint density at radius 2 is 2.21 bits per heavy atom. The molecule has 1 fully saturated rings. The molecule has 3 aromatic rings. The Labute approximate surface area is 167 Å².